The number of fused-ring (bicyclic) bond motifs is 1. The number of sulfone groups is 1. The van der Waals surface area contributed by atoms with E-state index in [-0.39, 0.29) is 17.7 Å². The normalized spacial score (nSPS) is 22.3. The molecule has 1 unspecified atom stereocenters. The van der Waals surface area contributed by atoms with E-state index in [0.717, 1.165) is 38.1 Å². The Morgan fingerprint density at radius 2 is 1.83 bits per heavy atom. The van der Waals surface area contributed by atoms with Gasteiger partial charge in [0, 0.05) is 32.2 Å². The molecule has 29 heavy (non-hydrogen) atoms. The van der Waals surface area contributed by atoms with E-state index in [1.807, 2.05) is 35.2 Å². The maximum absolute atomic E-state index is 13.0. The molecule has 2 aliphatic rings. The molecule has 0 spiro atoms. The summed E-state index contributed by atoms with van der Waals surface area (Å²) in [5.74, 6) is 0.610. The van der Waals surface area contributed by atoms with Crippen molar-refractivity contribution < 1.29 is 13.2 Å². The lowest BCUT2D eigenvalue weighted by Crippen LogP contribution is -2.52. The number of nitrogens with zero attached hydrogens (tertiary/aromatic N) is 3. The average molecular weight is 448 g/mol. The molecule has 0 bridgehead atoms. The summed E-state index contributed by atoms with van der Waals surface area (Å²) in [4.78, 5) is 23.5. The van der Waals surface area contributed by atoms with Gasteiger partial charge in [-0.25, -0.2) is 13.4 Å². The van der Waals surface area contributed by atoms with Crippen LogP contribution in [0.4, 0.5) is 0 Å². The third-order valence-electron chi connectivity index (χ3n) is 5.65. The molecule has 0 saturated carbocycles. The monoisotopic (exact) mass is 447 g/mol. The van der Waals surface area contributed by atoms with E-state index < -0.39 is 9.84 Å². The molecule has 4 heterocycles. The van der Waals surface area contributed by atoms with Gasteiger partial charge in [-0.2, -0.15) is 0 Å². The summed E-state index contributed by atoms with van der Waals surface area (Å²) < 4.78 is 24.6. The second-order valence-electron chi connectivity index (χ2n) is 7.54. The van der Waals surface area contributed by atoms with E-state index in [2.05, 4.69) is 16.0 Å². The minimum absolute atomic E-state index is 0.0565. The zero-order valence-corrected chi connectivity index (χ0v) is 18.2. The molecule has 9 heteroatoms. The Bertz CT molecular complexity index is 1130. The third kappa shape index (κ3) is 3.84. The summed E-state index contributed by atoms with van der Waals surface area (Å²) in [5.41, 5.74) is 0.985. The fraction of sp³-hybridized carbons (Fsp3) is 0.400. The summed E-state index contributed by atoms with van der Waals surface area (Å²) in [6.45, 7) is 2.76. The standard InChI is InChI=1S/C20H21N3O3S3/c24-20(23-10-8-22(9-11-23)14-7-12-29(25,26)13-14)18-6-5-17(27-18)19-21-15-3-1-2-4-16(15)28-19/h1-6,14H,7-13H2. The lowest BCUT2D eigenvalue weighted by Gasteiger charge is -2.37. The molecule has 2 fully saturated rings. The van der Waals surface area contributed by atoms with Crippen LogP contribution >= 0.6 is 22.7 Å². The number of aromatic nitrogens is 1. The van der Waals surface area contributed by atoms with Crippen molar-refractivity contribution in [2.45, 2.75) is 12.5 Å². The van der Waals surface area contributed by atoms with Gasteiger partial charge in [-0.05, 0) is 30.7 Å². The summed E-state index contributed by atoms with van der Waals surface area (Å²) in [6, 6.07) is 12.0. The summed E-state index contributed by atoms with van der Waals surface area (Å²) in [5, 5.41) is 0.947. The number of carbonyl (C=O) groups is 1. The highest BCUT2D eigenvalue weighted by molar-refractivity contribution is 7.91. The van der Waals surface area contributed by atoms with Crippen molar-refractivity contribution in [3.05, 3.63) is 41.3 Å². The van der Waals surface area contributed by atoms with Crippen molar-refractivity contribution in [2.24, 2.45) is 0 Å². The molecule has 0 radical (unpaired) electrons. The SMILES string of the molecule is O=C(c1ccc(-c2nc3ccccc3s2)s1)N1CCN(C2CCS(=O)(=O)C2)CC1. The fourth-order valence-corrected chi connectivity index (χ4v) is 7.81. The number of thiazole rings is 1. The molecule has 2 saturated heterocycles. The van der Waals surface area contributed by atoms with Crippen LogP contribution in [-0.4, -0.2) is 72.8 Å². The Labute approximate surface area is 177 Å². The lowest BCUT2D eigenvalue weighted by molar-refractivity contribution is 0.0592. The van der Waals surface area contributed by atoms with Gasteiger partial charge in [0.1, 0.15) is 5.01 Å². The number of rotatable bonds is 3. The van der Waals surface area contributed by atoms with Gasteiger partial charge in [0.15, 0.2) is 9.84 Å². The van der Waals surface area contributed by atoms with Crippen molar-refractivity contribution in [1.29, 1.82) is 0 Å². The van der Waals surface area contributed by atoms with Crippen LogP contribution in [0, 0.1) is 0 Å². The molecule has 0 aliphatic carbocycles. The van der Waals surface area contributed by atoms with E-state index in [1.165, 1.54) is 11.3 Å². The van der Waals surface area contributed by atoms with Gasteiger partial charge < -0.3 is 4.90 Å². The number of carbonyl (C=O) groups excluding carboxylic acids is 1. The van der Waals surface area contributed by atoms with Gasteiger partial charge in [0.2, 0.25) is 0 Å². The Balaban J connectivity index is 1.25. The Hall–Kier alpha value is -1.81. The summed E-state index contributed by atoms with van der Waals surface area (Å²) in [6.07, 6.45) is 0.715. The first-order valence-corrected chi connectivity index (χ1v) is 13.1. The molecule has 5 rings (SSSR count). The maximum Gasteiger partial charge on any atom is 0.264 e. The van der Waals surface area contributed by atoms with E-state index >= 15 is 0 Å². The van der Waals surface area contributed by atoms with Crippen LogP contribution in [0.25, 0.3) is 20.1 Å². The quantitative estimate of drug-likeness (QED) is 0.617. The van der Waals surface area contributed by atoms with Crippen molar-refractivity contribution in [3.8, 4) is 9.88 Å². The number of thiophene rings is 1. The topological polar surface area (TPSA) is 70.6 Å². The van der Waals surface area contributed by atoms with E-state index in [0.29, 0.717) is 25.3 Å². The summed E-state index contributed by atoms with van der Waals surface area (Å²) in [7, 11) is -2.88. The second-order valence-corrected chi connectivity index (χ2v) is 11.9. The molecule has 6 nitrogen and oxygen atoms in total. The molecule has 0 N–H and O–H groups in total. The molecule has 3 aromatic rings. The fourth-order valence-electron chi connectivity index (χ4n) is 4.05. The molecular formula is C20H21N3O3S3. The van der Waals surface area contributed by atoms with Crippen LogP contribution in [0.1, 0.15) is 16.1 Å². The minimum atomic E-state index is -2.88. The molecule has 1 atom stereocenters. The molecule has 2 aliphatic heterocycles. The largest absolute Gasteiger partial charge is 0.335 e. The highest BCUT2D eigenvalue weighted by Gasteiger charge is 2.34. The lowest BCUT2D eigenvalue weighted by atomic mass is 10.2. The molecular weight excluding hydrogens is 426 g/mol. The second kappa shape index (κ2) is 7.46. The number of piperazine rings is 1. The van der Waals surface area contributed by atoms with Gasteiger partial charge in [0.05, 0.1) is 31.5 Å². The zero-order chi connectivity index (χ0) is 20.0. The number of para-hydroxylation sites is 1. The first-order valence-electron chi connectivity index (χ1n) is 9.68. The van der Waals surface area contributed by atoms with Gasteiger partial charge in [-0.15, -0.1) is 22.7 Å². The first kappa shape index (κ1) is 19.2. The first-order chi connectivity index (χ1) is 14.0. The van der Waals surface area contributed by atoms with Crippen LogP contribution in [-0.2, 0) is 9.84 Å². The number of hydrogen-bond acceptors (Lipinski definition) is 7. The van der Waals surface area contributed by atoms with Crippen LogP contribution in [0.2, 0.25) is 0 Å². The maximum atomic E-state index is 13.0. The van der Waals surface area contributed by atoms with Gasteiger partial charge in [0.25, 0.3) is 5.91 Å². The molecule has 1 aromatic carbocycles. The van der Waals surface area contributed by atoms with E-state index in [1.54, 1.807) is 11.3 Å². The van der Waals surface area contributed by atoms with Gasteiger partial charge in [-0.1, -0.05) is 12.1 Å². The van der Waals surface area contributed by atoms with Gasteiger partial charge in [-0.3, -0.25) is 9.69 Å². The predicted molar refractivity (Wildman–Crippen MR) is 117 cm³/mol. The van der Waals surface area contributed by atoms with Crippen molar-refractivity contribution in [3.63, 3.8) is 0 Å². The summed E-state index contributed by atoms with van der Waals surface area (Å²) >= 11 is 3.14. The molecule has 2 aromatic heterocycles. The third-order valence-corrected chi connectivity index (χ3v) is 9.68. The number of hydrogen-bond donors (Lipinski definition) is 0. The highest BCUT2D eigenvalue weighted by atomic mass is 32.2. The molecule has 152 valence electrons. The number of benzene rings is 1. The Morgan fingerprint density at radius 1 is 1.03 bits per heavy atom. The van der Waals surface area contributed by atoms with Crippen molar-refractivity contribution in [1.82, 2.24) is 14.8 Å². The van der Waals surface area contributed by atoms with E-state index in [9.17, 15) is 13.2 Å². The highest BCUT2D eigenvalue weighted by Crippen LogP contribution is 2.35. The van der Waals surface area contributed by atoms with Gasteiger partial charge >= 0.3 is 0 Å². The van der Waals surface area contributed by atoms with E-state index in [4.69, 9.17) is 0 Å². The molecule has 1 amide bonds. The average Bonchev–Trinajstić information content (AvgIpc) is 3.45. The smallest absolute Gasteiger partial charge is 0.264 e. The van der Waals surface area contributed by atoms with Crippen LogP contribution in [0.15, 0.2) is 36.4 Å². The zero-order valence-electron chi connectivity index (χ0n) is 15.8. The van der Waals surface area contributed by atoms with Crippen LogP contribution in [0.3, 0.4) is 0 Å². The minimum Gasteiger partial charge on any atom is -0.335 e. The Kier molecular flexibility index (Phi) is 4.93. The van der Waals surface area contributed by atoms with Crippen molar-refractivity contribution >= 4 is 48.6 Å². The number of amides is 1. The Morgan fingerprint density at radius 3 is 2.55 bits per heavy atom. The predicted octanol–water partition coefficient (Wildman–Crippen LogP) is 2.97. The van der Waals surface area contributed by atoms with Crippen LogP contribution < -0.4 is 0 Å². The van der Waals surface area contributed by atoms with Crippen LogP contribution in [0.5, 0.6) is 0 Å². The van der Waals surface area contributed by atoms with Crippen molar-refractivity contribution in [2.75, 3.05) is 37.7 Å².